The number of nitrogens with zero attached hydrogens (tertiary/aromatic N) is 2. The van der Waals surface area contributed by atoms with Crippen LogP contribution in [0.1, 0.15) is 4.88 Å². The summed E-state index contributed by atoms with van der Waals surface area (Å²) in [6, 6.07) is 12.2. The SMILES string of the molecule is Brc1ccc(-c2csc(/N=C/c3cccs3)n2)cc1. The second kappa shape index (κ2) is 5.77. The minimum Gasteiger partial charge on any atom is -0.226 e. The summed E-state index contributed by atoms with van der Waals surface area (Å²) in [4.78, 5) is 10.1. The molecule has 0 atom stereocenters. The first kappa shape index (κ1) is 12.7. The van der Waals surface area contributed by atoms with Crippen LogP contribution >= 0.6 is 38.6 Å². The van der Waals surface area contributed by atoms with E-state index in [0.717, 1.165) is 25.7 Å². The quantitative estimate of drug-likeness (QED) is 0.583. The molecule has 2 heterocycles. The summed E-state index contributed by atoms with van der Waals surface area (Å²) in [5, 5.41) is 4.85. The molecule has 0 fully saturated rings. The monoisotopic (exact) mass is 348 g/mol. The lowest BCUT2D eigenvalue weighted by Crippen LogP contribution is -1.76. The van der Waals surface area contributed by atoms with Crippen LogP contribution in [-0.2, 0) is 0 Å². The van der Waals surface area contributed by atoms with Crippen LogP contribution in [0.5, 0.6) is 0 Å². The van der Waals surface area contributed by atoms with Crippen molar-refractivity contribution in [2.75, 3.05) is 0 Å². The van der Waals surface area contributed by atoms with E-state index in [-0.39, 0.29) is 0 Å². The Balaban J connectivity index is 1.81. The van der Waals surface area contributed by atoms with Gasteiger partial charge in [-0.05, 0) is 23.6 Å². The number of aromatic nitrogens is 1. The van der Waals surface area contributed by atoms with E-state index in [0.29, 0.717) is 0 Å². The fraction of sp³-hybridized carbons (Fsp3) is 0. The van der Waals surface area contributed by atoms with Gasteiger partial charge in [-0.2, -0.15) is 0 Å². The van der Waals surface area contributed by atoms with Crippen molar-refractivity contribution in [3.63, 3.8) is 0 Å². The van der Waals surface area contributed by atoms with Crippen LogP contribution in [0, 0.1) is 0 Å². The predicted octanol–water partition coefficient (Wildman–Crippen LogP) is 5.38. The minimum atomic E-state index is 0.784. The molecule has 0 spiro atoms. The van der Waals surface area contributed by atoms with E-state index in [1.54, 1.807) is 22.7 Å². The van der Waals surface area contributed by atoms with Gasteiger partial charge < -0.3 is 0 Å². The maximum atomic E-state index is 4.52. The molecular weight excluding hydrogens is 340 g/mol. The molecule has 0 aliphatic heterocycles. The fourth-order valence-electron chi connectivity index (χ4n) is 1.56. The third-order valence-electron chi connectivity index (χ3n) is 2.48. The van der Waals surface area contributed by atoms with Crippen LogP contribution in [0.4, 0.5) is 5.13 Å². The van der Waals surface area contributed by atoms with Crippen LogP contribution in [-0.4, -0.2) is 11.2 Å². The summed E-state index contributed by atoms with van der Waals surface area (Å²) in [5.74, 6) is 0. The first-order chi connectivity index (χ1) is 9.31. The molecule has 2 nitrogen and oxygen atoms in total. The van der Waals surface area contributed by atoms with Gasteiger partial charge in [-0.1, -0.05) is 34.1 Å². The molecule has 5 heteroatoms. The summed E-state index contributed by atoms with van der Waals surface area (Å²) in [5.41, 5.74) is 2.08. The number of hydrogen-bond acceptors (Lipinski definition) is 4. The Morgan fingerprint density at radius 2 is 1.95 bits per heavy atom. The Bertz CT molecular complexity index is 685. The van der Waals surface area contributed by atoms with Gasteiger partial charge in [-0.15, -0.1) is 22.7 Å². The van der Waals surface area contributed by atoms with Gasteiger partial charge in [-0.25, -0.2) is 9.98 Å². The van der Waals surface area contributed by atoms with E-state index in [1.807, 2.05) is 53.4 Å². The smallest absolute Gasteiger partial charge is 0.209 e. The number of thiophene rings is 1. The van der Waals surface area contributed by atoms with Gasteiger partial charge in [0.1, 0.15) is 0 Å². The maximum Gasteiger partial charge on any atom is 0.209 e. The summed E-state index contributed by atoms with van der Waals surface area (Å²) in [6.45, 7) is 0. The molecule has 3 rings (SSSR count). The lowest BCUT2D eigenvalue weighted by molar-refractivity contribution is 1.36. The fourth-order valence-corrected chi connectivity index (χ4v) is 3.08. The highest BCUT2D eigenvalue weighted by atomic mass is 79.9. The van der Waals surface area contributed by atoms with Gasteiger partial charge in [0.2, 0.25) is 5.13 Å². The largest absolute Gasteiger partial charge is 0.226 e. The Morgan fingerprint density at radius 3 is 2.68 bits per heavy atom. The van der Waals surface area contributed by atoms with Crippen molar-refractivity contribution in [3.05, 3.63) is 56.5 Å². The van der Waals surface area contributed by atoms with Gasteiger partial charge in [-0.3, -0.25) is 0 Å². The average Bonchev–Trinajstić information content (AvgIpc) is 3.09. The van der Waals surface area contributed by atoms with Crippen molar-refractivity contribution in [2.24, 2.45) is 4.99 Å². The first-order valence-electron chi connectivity index (χ1n) is 5.60. The van der Waals surface area contributed by atoms with Gasteiger partial charge in [0, 0.05) is 26.5 Å². The standard InChI is InChI=1S/C14H9BrN2S2/c15-11-5-3-10(4-6-11)13-9-19-14(17-13)16-8-12-2-1-7-18-12/h1-9H/b16-8+. The molecule has 1 aromatic carbocycles. The Morgan fingerprint density at radius 1 is 1.11 bits per heavy atom. The van der Waals surface area contributed by atoms with E-state index < -0.39 is 0 Å². The molecule has 0 radical (unpaired) electrons. The van der Waals surface area contributed by atoms with Crippen LogP contribution in [0.2, 0.25) is 0 Å². The second-order valence-electron chi connectivity index (χ2n) is 3.80. The van der Waals surface area contributed by atoms with Gasteiger partial charge >= 0.3 is 0 Å². The highest BCUT2D eigenvalue weighted by Gasteiger charge is 2.03. The summed E-state index contributed by atoms with van der Waals surface area (Å²) in [6.07, 6.45) is 1.86. The molecule has 0 saturated heterocycles. The van der Waals surface area contributed by atoms with Crippen LogP contribution in [0.15, 0.2) is 56.6 Å². The number of hydrogen-bond donors (Lipinski definition) is 0. The summed E-state index contributed by atoms with van der Waals surface area (Å²) in [7, 11) is 0. The zero-order valence-electron chi connectivity index (χ0n) is 9.79. The Hall–Kier alpha value is -1.30. The Labute approximate surface area is 127 Å². The highest BCUT2D eigenvalue weighted by molar-refractivity contribution is 9.10. The summed E-state index contributed by atoms with van der Waals surface area (Å²) < 4.78 is 1.07. The van der Waals surface area contributed by atoms with Crippen LogP contribution in [0.3, 0.4) is 0 Å². The molecular formula is C14H9BrN2S2. The molecule has 0 bridgehead atoms. The normalized spacial score (nSPS) is 11.2. The average molecular weight is 349 g/mol. The van der Waals surface area contributed by atoms with E-state index in [2.05, 4.69) is 25.9 Å². The van der Waals surface area contributed by atoms with Gasteiger partial charge in [0.05, 0.1) is 5.69 Å². The topological polar surface area (TPSA) is 25.2 Å². The lowest BCUT2D eigenvalue weighted by Gasteiger charge is -1.95. The van der Waals surface area contributed by atoms with Gasteiger partial charge in [0.15, 0.2) is 0 Å². The first-order valence-corrected chi connectivity index (χ1v) is 8.15. The molecule has 94 valence electrons. The van der Waals surface area contributed by atoms with Crippen LogP contribution in [0.25, 0.3) is 11.3 Å². The molecule has 0 saturated carbocycles. The van der Waals surface area contributed by atoms with Crippen LogP contribution < -0.4 is 0 Å². The van der Waals surface area contributed by atoms with Crippen molar-refractivity contribution in [1.82, 2.24) is 4.98 Å². The van der Waals surface area contributed by atoms with E-state index in [9.17, 15) is 0 Å². The van der Waals surface area contributed by atoms with Crippen molar-refractivity contribution in [2.45, 2.75) is 0 Å². The zero-order chi connectivity index (χ0) is 13.1. The van der Waals surface area contributed by atoms with Crippen molar-refractivity contribution >= 4 is 49.9 Å². The Kier molecular flexibility index (Phi) is 3.87. The summed E-state index contributed by atoms with van der Waals surface area (Å²) >= 11 is 6.65. The maximum absolute atomic E-state index is 4.52. The third kappa shape index (κ3) is 3.18. The molecule has 19 heavy (non-hydrogen) atoms. The predicted molar refractivity (Wildman–Crippen MR) is 86.8 cm³/mol. The molecule has 0 N–H and O–H groups in total. The second-order valence-corrected chi connectivity index (χ2v) is 6.53. The molecule has 2 aromatic heterocycles. The van der Waals surface area contributed by atoms with E-state index in [1.165, 1.54) is 0 Å². The molecule has 0 amide bonds. The zero-order valence-corrected chi connectivity index (χ0v) is 13.0. The molecule has 0 aliphatic carbocycles. The van der Waals surface area contributed by atoms with E-state index >= 15 is 0 Å². The molecule has 3 aromatic rings. The number of thiazole rings is 1. The van der Waals surface area contributed by atoms with Crippen molar-refractivity contribution in [1.29, 1.82) is 0 Å². The third-order valence-corrected chi connectivity index (χ3v) is 4.56. The number of benzene rings is 1. The van der Waals surface area contributed by atoms with Crippen molar-refractivity contribution in [3.8, 4) is 11.3 Å². The number of halogens is 1. The lowest BCUT2D eigenvalue weighted by atomic mass is 10.2. The molecule has 0 unspecified atom stereocenters. The van der Waals surface area contributed by atoms with Crippen molar-refractivity contribution < 1.29 is 0 Å². The number of rotatable bonds is 3. The highest BCUT2D eigenvalue weighted by Crippen LogP contribution is 2.27. The molecule has 0 aliphatic rings. The minimum absolute atomic E-state index is 0.784. The number of aliphatic imine (C=N–C) groups is 1. The van der Waals surface area contributed by atoms with Gasteiger partial charge in [0.25, 0.3) is 0 Å². The van der Waals surface area contributed by atoms with E-state index in [4.69, 9.17) is 0 Å².